The molecule has 1 aromatic carbocycles. The number of hydrogen-bond donors (Lipinski definition) is 1. The zero-order chi connectivity index (χ0) is 16.2. The Balaban J connectivity index is 1.76. The molecular weight excluding hydrogens is 286 g/mol. The number of aromatic nitrogens is 1. The molecule has 1 aromatic heterocycles. The molecule has 120 valence electrons. The summed E-state index contributed by atoms with van der Waals surface area (Å²) >= 11 is 0. The van der Waals surface area contributed by atoms with Gasteiger partial charge in [-0.1, -0.05) is 32.0 Å². The first-order valence-corrected chi connectivity index (χ1v) is 8.26. The van der Waals surface area contributed by atoms with Crippen molar-refractivity contribution in [1.82, 2.24) is 9.88 Å². The van der Waals surface area contributed by atoms with Gasteiger partial charge in [-0.3, -0.25) is 4.98 Å². The van der Waals surface area contributed by atoms with Crippen LogP contribution in [0.3, 0.4) is 0 Å². The summed E-state index contributed by atoms with van der Waals surface area (Å²) in [6, 6.07) is 12.1. The molecule has 0 atom stereocenters. The van der Waals surface area contributed by atoms with Gasteiger partial charge in [-0.15, -0.1) is 0 Å². The van der Waals surface area contributed by atoms with Gasteiger partial charge in [-0.05, 0) is 42.5 Å². The second-order valence-electron chi connectivity index (χ2n) is 6.29. The number of carbonyl (C=O) groups is 1. The molecule has 1 aliphatic heterocycles. The van der Waals surface area contributed by atoms with Crippen LogP contribution in [0, 0.1) is 0 Å². The quantitative estimate of drug-likeness (QED) is 0.907. The van der Waals surface area contributed by atoms with Gasteiger partial charge in [0.05, 0.1) is 5.69 Å². The van der Waals surface area contributed by atoms with Crippen molar-refractivity contribution in [3.05, 3.63) is 48.3 Å². The third kappa shape index (κ3) is 3.52. The molecule has 1 fully saturated rings. The SMILES string of the molecule is CC(C)c1ncccc1-c1ccc(NC(=O)N2CCCC2)cc1. The summed E-state index contributed by atoms with van der Waals surface area (Å²) < 4.78 is 0. The van der Waals surface area contributed by atoms with Crippen LogP contribution in [-0.4, -0.2) is 29.0 Å². The summed E-state index contributed by atoms with van der Waals surface area (Å²) in [7, 11) is 0. The molecule has 0 aliphatic carbocycles. The van der Waals surface area contributed by atoms with Crippen molar-refractivity contribution in [3.8, 4) is 11.1 Å². The highest BCUT2D eigenvalue weighted by Crippen LogP contribution is 2.28. The van der Waals surface area contributed by atoms with Crippen LogP contribution in [0.4, 0.5) is 10.5 Å². The van der Waals surface area contributed by atoms with Crippen molar-refractivity contribution < 1.29 is 4.79 Å². The number of nitrogens with one attached hydrogen (secondary N) is 1. The average molecular weight is 309 g/mol. The van der Waals surface area contributed by atoms with Crippen LogP contribution in [0.5, 0.6) is 0 Å². The number of anilines is 1. The van der Waals surface area contributed by atoms with E-state index in [2.05, 4.69) is 30.2 Å². The Morgan fingerprint density at radius 3 is 2.48 bits per heavy atom. The Kier molecular flexibility index (Phi) is 4.60. The number of rotatable bonds is 3. The van der Waals surface area contributed by atoms with Crippen LogP contribution in [0.25, 0.3) is 11.1 Å². The molecule has 1 aliphatic rings. The number of urea groups is 1. The minimum absolute atomic E-state index is 0.000466. The van der Waals surface area contributed by atoms with Gasteiger partial charge < -0.3 is 10.2 Å². The summed E-state index contributed by atoms with van der Waals surface area (Å²) in [5, 5.41) is 2.97. The van der Waals surface area contributed by atoms with E-state index in [1.807, 2.05) is 41.4 Å². The Morgan fingerprint density at radius 1 is 1.13 bits per heavy atom. The Bertz CT molecular complexity index is 673. The van der Waals surface area contributed by atoms with Gasteiger partial charge in [-0.25, -0.2) is 4.79 Å². The topological polar surface area (TPSA) is 45.2 Å². The van der Waals surface area contributed by atoms with Gasteiger partial charge >= 0.3 is 6.03 Å². The molecule has 2 heterocycles. The second-order valence-corrected chi connectivity index (χ2v) is 6.29. The molecule has 3 rings (SSSR count). The normalized spacial score (nSPS) is 14.3. The van der Waals surface area contributed by atoms with Crippen molar-refractivity contribution in [2.75, 3.05) is 18.4 Å². The lowest BCUT2D eigenvalue weighted by Crippen LogP contribution is -2.32. The lowest BCUT2D eigenvalue weighted by atomic mass is 9.97. The van der Waals surface area contributed by atoms with Crippen molar-refractivity contribution in [2.45, 2.75) is 32.6 Å². The van der Waals surface area contributed by atoms with Crippen LogP contribution in [0.1, 0.15) is 38.3 Å². The van der Waals surface area contributed by atoms with E-state index in [1.165, 1.54) is 0 Å². The number of hydrogen-bond acceptors (Lipinski definition) is 2. The van der Waals surface area contributed by atoms with E-state index in [0.717, 1.165) is 48.4 Å². The van der Waals surface area contributed by atoms with Crippen molar-refractivity contribution in [1.29, 1.82) is 0 Å². The molecule has 4 nitrogen and oxygen atoms in total. The van der Waals surface area contributed by atoms with Crippen LogP contribution in [-0.2, 0) is 0 Å². The van der Waals surface area contributed by atoms with Gasteiger partial charge in [0.15, 0.2) is 0 Å². The molecule has 1 N–H and O–H groups in total. The molecule has 0 unspecified atom stereocenters. The number of likely N-dealkylation sites (tertiary alicyclic amines) is 1. The summed E-state index contributed by atoms with van der Waals surface area (Å²) in [6.45, 7) is 6.02. The maximum absolute atomic E-state index is 12.1. The molecule has 0 bridgehead atoms. The van der Waals surface area contributed by atoms with Crippen LogP contribution >= 0.6 is 0 Å². The average Bonchev–Trinajstić information content (AvgIpc) is 3.10. The highest BCUT2D eigenvalue weighted by molar-refractivity contribution is 5.89. The van der Waals surface area contributed by atoms with E-state index < -0.39 is 0 Å². The molecular formula is C19H23N3O. The first kappa shape index (κ1) is 15.5. The standard InChI is InChI=1S/C19H23N3O/c1-14(2)18-17(6-5-11-20-18)15-7-9-16(10-8-15)21-19(23)22-12-3-4-13-22/h5-11,14H,3-4,12-13H2,1-2H3,(H,21,23). The van der Waals surface area contributed by atoms with E-state index in [1.54, 1.807) is 0 Å². The molecule has 2 aromatic rings. The predicted molar refractivity (Wildman–Crippen MR) is 93.6 cm³/mol. The van der Waals surface area contributed by atoms with E-state index in [-0.39, 0.29) is 6.03 Å². The Hall–Kier alpha value is -2.36. The second kappa shape index (κ2) is 6.82. The largest absolute Gasteiger partial charge is 0.325 e. The van der Waals surface area contributed by atoms with Gasteiger partial charge in [-0.2, -0.15) is 0 Å². The third-order valence-electron chi connectivity index (χ3n) is 4.23. The predicted octanol–water partition coefficient (Wildman–Crippen LogP) is 4.50. The zero-order valence-corrected chi connectivity index (χ0v) is 13.7. The maximum Gasteiger partial charge on any atom is 0.321 e. The van der Waals surface area contributed by atoms with Crippen molar-refractivity contribution in [3.63, 3.8) is 0 Å². The fourth-order valence-corrected chi connectivity index (χ4v) is 2.98. The summed E-state index contributed by atoms with van der Waals surface area (Å²) in [5.74, 6) is 0.376. The van der Waals surface area contributed by atoms with Gasteiger partial charge in [0.1, 0.15) is 0 Å². The Labute approximate surface area is 137 Å². The van der Waals surface area contributed by atoms with E-state index in [9.17, 15) is 4.79 Å². The lowest BCUT2D eigenvalue weighted by Gasteiger charge is -2.16. The number of pyridine rings is 1. The van der Waals surface area contributed by atoms with E-state index in [0.29, 0.717) is 5.92 Å². The number of amides is 2. The molecule has 23 heavy (non-hydrogen) atoms. The van der Waals surface area contributed by atoms with Gasteiger partial charge in [0.2, 0.25) is 0 Å². The first-order valence-electron chi connectivity index (χ1n) is 8.26. The fourth-order valence-electron chi connectivity index (χ4n) is 2.98. The van der Waals surface area contributed by atoms with Crippen LogP contribution < -0.4 is 5.32 Å². The summed E-state index contributed by atoms with van der Waals surface area (Å²) in [4.78, 5) is 18.5. The third-order valence-corrected chi connectivity index (χ3v) is 4.23. The fraction of sp³-hybridized carbons (Fsp3) is 0.368. The zero-order valence-electron chi connectivity index (χ0n) is 13.7. The highest BCUT2D eigenvalue weighted by Gasteiger charge is 2.17. The van der Waals surface area contributed by atoms with Gasteiger partial charge in [0, 0.05) is 30.5 Å². The molecule has 0 saturated carbocycles. The maximum atomic E-state index is 12.1. The monoisotopic (exact) mass is 309 g/mol. The van der Waals surface area contributed by atoms with Crippen LogP contribution in [0.2, 0.25) is 0 Å². The number of carbonyl (C=O) groups excluding carboxylic acids is 1. The smallest absolute Gasteiger partial charge is 0.321 e. The molecule has 0 radical (unpaired) electrons. The van der Waals surface area contributed by atoms with Crippen molar-refractivity contribution in [2.24, 2.45) is 0 Å². The number of benzene rings is 1. The number of nitrogens with zero attached hydrogens (tertiary/aromatic N) is 2. The van der Waals surface area contributed by atoms with Crippen molar-refractivity contribution >= 4 is 11.7 Å². The molecule has 0 spiro atoms. The molecule has 4 heteroatoms. The van der Waals surface area contributed by atoms with Gasteiger partial charge in [0.25, 0.3) is 0 Å². The minimum Gasteiger partial charge on any atom is -0.325 e. The molecule has 1 saturated heterocycles. The first-order chi connectivity index (χ1) is 11.1. The summed E-state index contributed by atoms with van der Waals surface area (Å²) in [5.41, 5.74) is 4.21. The van der Waals surface area contributed by atoms with E-state index >= 15 is 0 Å². The Morgan fingerprint density at radius 2 is 1.83 bits per heavy atom. The van der Waals surface area contributed by atoms with Crippen LogP contribution in [0.15, 0.2) is 42.6 Å². The molecule has 2 amide bonds. The minimum atomic E-state index is -0.000466. The lowest BCUT2D eigenvalue weighted by molar-refractivity contribution is 0.222. The van der Waals surface area contributed by atoms with E-state index in [4.69, 9.17) is 0 Å². The summed E-state index contributed by atoms with van der Waals surface area (Å²) in [6.07, 6.45) is 4.04. The highest BCUT2D eigenvalue weighted by atomic mass is 16.2.